The molecular formula is C19H16FNO4S. The van der Waals surface area contributed by atoms with Crippen molar-refractivity contribution in [1.29, 1.82) is 0 Å². The number of hydrogen-bond acceptors (Lipinski definition) is 3. The number of rotatable bonds is 5. The third kappa shape index (κ3) is 2.78. The molecule has 4 rings (SSSR count). The molecule has 2 aliphatic rings. The fraction of sp³-hybridized carbons (Fsp3) is 0.211. The molecule has 5 nitrogen and oxygen atoms in total. The van der Waals surface area contributed by atoms with Gasteiger partial charge in [-0.1, -0.05) is 18.7 Å². The largest absolute Gasteiger partial charge is 0.492 e. The third-order valence-electron chi connectivity index (χ3n) is 4.76. The first-order chi connectivity index (χ1) is 12.5. The molecule has 0 spiro atoms. The Morgan fingerprint density at radius 1 is 1.38 bits per heavy atom. The van der Waals surface area contributed by atoms with Crippen molar-refractivity contribution in [2.24, 2.45) is 5.92 Å². The van der Waals surface area contributed by atoms with Gasteiger partial charge in [-0.15, -0.1) is 0 Å². The lowest BCUT2D eigenvalue weighted by molar-refractivity contribution is 0.0692. The summed E-state index contributed by atoms with van der Waals surface area (Å²) in [6.07, 6.45) is 2.41. The maximum atomic E-state index is 13.4. The molecule has 1 fully saturated rings. The van der Waals surface area contributed by atoms with Crippen LogP contribution in [-0.4, -0.2) is 21.9 Å². The summed E-state index contributed by atoms with van der Waals surface area (Å²) in [5.74, 6) is -0.454. The van der Waals surface area contributed by atoms with E-state index >= 15 is 0 Å². The zero-order valence-electron chi connectivity index (χ0n) is 13.7. The number of anilines is 1. The van der Waals surface area contributed by atoms with Gasteiger partial charge in [0.25, 0.3) is 0 Å². The highest BCUT2D eigenvalue weighted by molar-refractivity contribution is 7.86. The van der Waals surface area contributed by atoms with Crippen LogP contribution in [-0.2, 0) is 11.0 Å². The van der Waals surface area contributed by atoms with E-state index < -0.39 is 22.8 Å². The van der Waals surface area contributed by atoms with Gasteiger partial charge in [0.05, 0.1) is 17.2 Å². The van der Waals surface area contributed by atoms with E-state index in [1.807, 2.05) is 6.07 Å². The van der Waals surface area contributed by atoms with Crippen molar-refractivity contribution in [3.05, 3.63) is 59.4 Å². The molecule has 26 heavy (non-hydrogen) atoms. The second-order valence-corrected chi connectivity index (χ2v) is 7.56. The fourth-order valence-electron chi connectivity index (χ4n) is 3.35. The molecule has 1 aliphatic carbocycles. The minimum Gasteiger partial charge on any atom is -0.492 e. The van der Waals surface area contributed by atoms with Gasteiger partial charge in [0.1, 0.15) is 17.1 Å². The van der Waals surface area contributed by atoms with Crippen LogP contribution in [0.2, 0.25) is 0 Å². The van der Waals surface area contributed by atoms with Crippen LogP contribution >= 0.6 is 0 Å². The maximum Gasteiger partial charge on any atom is 0.341 e. The number of nitrogens with one attached hydrogen (secondary N) is 1. The zero-order valence-corrected chi connectivity index (χ0v) is 14.5. The van der Waals surface area contributed by atoms with Crippen LogP contribution in [0.4, 0.5) is 10.1 Å². The van der Waals surface area contributed by atoms with Crippen molar-refractivity contribution in [1.82, 2.24) is 0 Å². The summed E-state index contributed by atoms with van der Waals surface area (Å²) < 4.78 is 34.5. The number of fused-ring (bicyclic) bond motifs is 3. The minimum atomic E-state index is -1.79. The van der Waals surface area contributed by atoms with Crippen LogP contribution in [0.15, 0.2) is 41.8 Å². The topological polar surface area (TPSA) is 75.6 Å². The van der Waals surface area contributed by atoms with Crippen molar-refractivity contribution < 1.29 is 23.2 Å². The predicted molar refractivity (Wildman–Crippen MR) is 96.3 cm³/mol. The molecule has 0 aromatic heterocycles. The van der Waals surface area contributed by atoms with Crippen molar-refractivity contribution in [2.45, 2.75) is 17.2 Å². The molecule has 0 saturated heterocycles. The quantitative estimate of drug-likeness (QED) is 0.836. The van der Waals surface area contributed by atoms with E-state index in [0.29, 0.717) is 34.7 Å². The highest BCUT2D eigenvalue weighted by atomic mass is 32.2. The Kier molecular flexibility index (Phi) is 4.03. The molecule has 0 amide bonds. The normalized spacial score (nSPS) is 21.0. The van der Waals surface area contributed by atoms with E-state index in [1.54, 1.807) is 6.07 Å². The number of carboxylic acid groups (broad SMARTS) is 1. The summed E-state index contributed by atoms with van der Waals surface area (Å²) in [7, 11) is -1.79. The van der Waals surface area contributed by atoms with Crippen LogP contribution in [0.3, 0.4) is 0 Å². The first-order valence-electron chi connectivity index (χ1n) is 8.13. The van der Waals surface area contributed by atoms with Crippen LogP contribution in [0.1, 0.15) is 33.8 Å². The maximum absolute atomic E-state index is 13.4. The second-order valence-electron chi connectivity index (χ2n) is 6.38. The number of hydrogen-bond donors (Lipinski definition) is 2. The molecule has 1 heterocycles. The van der Waals surface area contributed by atoms with E-state index in [9.17, 15) is 18.5 Å². The molecule has 0 radical (unpaired) electrons. The summed E-state index contributed by atoms with van der Waals surface area (Å²) in [5.41, 5.74) is 1.45. The van der Waals surface area contributed by atoms with Gasteiger partial charge in [0.2, 0.25) is 0 Å². The van der Waals surface area contributed by atoms with Gasteiger partial charge in [-0.2, -0.15) is 0 Å². The van der Waals surface area contributed by atoms with Crippen LogP contribution in [0.5, 0.6) is 5.75 Å². The lowest BCUT2D eigenvalue weighted by Crippen LogP contribution is -2.16. The lowest BCUT2D eigenvalue weighted by atomic mass is 10.0. The number of aromatic carboxylic acids is 1. The number of carbonyl (C=O) groups is 1. The molecule has 134 valence electrons. The van der Waals surface area contributed by atoms with Crippen molar-refractivity contribution in [3.8, 4) is 5.75 Å². The fourth-order valence-corrected chi connectivity index (χ4v) is 4.38. The number of ether oxygens (including phenoxy) is 1. The van der Waals surface area contributed by atoms with Gasteiger partial charge in [0.15, 0.2) is 11.0 Å². The molecule has 2 aromatic rings. The molecule has 3 atom stereocenters. The summed E-state index contributed by atoms with van der Waals surface area (Å²) in [4.78, 5) is 12.1. The van der Waals surface area contributed by atoms with E-state index in [2.05, 4.69) is 11.3 Å². The van der Waals surface area contributed by atoms with Crippen LogP contribution in [0.25, 0.3) is 6.08 Å². The average molecular weight is 373 g/mol. The van der Waals surface area contributed by atoms with Crippen molar-refractivity contribution in [2.75, 3.05) is 11.3 Å². The van der Waals surface area contributed by atoms with E-state index in [1.165, 1.54) is 24.3 Å². The van der Waals surface area contributed by atoms with Crippen LogP contribution < -0.4 is 9.46 Å². The average Bonchev–Trinajstić information content (AvgIpc) is 3.40. The first kappa shape index (κ1) is 16.8. The Balaban J connectivity index is 1.71. The first-order valence-corrected chi connectivity index (χ1v) is 9.28. The zero-order chi connectivity index (χ0) is 18.4. The molecule has 1 aliphatic heterocycles. The smallest absolute Gasteiger partial charge is 0.341 e. The molecule has 3 unspecified atom stereocenters. The summed E-state index contributed by atoms with van der Waals surface area (Å²) in [6, 6.07) is 7.25. The highest BCUT2D eigenvalue weighted by Gasteiger charge is 2.45. The van der Waals surface area contributed by atoms with Gasteiger partial charge in [-0.3, -0.25) is 0 Å². The van der Waals surface area contributed by atoms with Gasteiger partial charge in [-0.05, 0) is 47.7 Å². The molecule has 0 bridgehead atoms. The standard InChI is InChI=1S/C19H16FNO4S/c1-2-10-7-12(20)3-6-16(10)26(24)21-15-5-4-13-14-8-11(14)9-25-18(13)17(15)19(22)23/h2-7,11,14,21H,1,8-9H2,(H,22,23). The highest BCUT2D eigenvalue weighted by Crippen LogP contribution is 2.55. The molecule has 7 heteroatoms. The molecule has 1 saturated carbocycles. The Hall–Kier alpha value is -2.67. The summed E-state index contributed by atoms with van der Waals surface area (Å²) in [6.45, 7) is 4.10. The molecule has 2 N–H and O–H groups in total. The summed E-state index contributed by atoms with van der Waals surface area (Å²) >= 11 is 0. The van der Waals surface area contributed by atoms with Gasteiger partial charge < -0.3 is 14.6 Å². The van der Waals surface area contributed by atoms with Crippen molar-refractivity contribution >= 4 is 28.7 Å². The number of benzene rings is 2. The monoisotopic (exact) mass is 373 g/mol. The SMILES string of the molecule is C=Cc1cc(F)ccc1S(=O)Nc1ccc2c(c1C(=O)O)OCC1CC21. The number of carboxylic acids is 1. The Bertz CT molecular complexity index is 959. The number of halogens is 1. The Labute approximate surface area is 152 Å². The Morgan fingerprint density at radius 2 is 2.19 bits per heavy atom. The van der Waals surface area contributed by atoms with Crippen molar-refractivity contribution in [3.63, 3.8) is 0 Å². The van der Waals surface area contributed by atoms with Gasteiger partial charge in [-0.25, -0.2) is 13.4 Å². The van der Waals surface area contributed by atoms with Crippen LogP contribution in [0, 0.1) is 11.7 Å². The van der Waals surface area contributed by atoms with E-state index in [0.717, 1.165) is 12.0 Å². The molecular weight excluding hydrogens is 357 g/mol. The molecule has 2 aromatic carbocycles. The Morgan fingerprint density at radius 3 is 2.92 bits per heavy atom. The van der Waals surface area contributed by atoms with Gasteiger partial charge in [0, 0.05) is 5.92 Å². The summed E-state index contributed by atoms with van der Waals surface area (Å²) in [5, 5.41) is 9.66. The van der Waals surface area contributed by atoms with E-state index in [-0.39, 0.29) is 11.3 Å². The van der Waals surface area contributed by atoms with E-state index in [4.69, 9.17) is 4.74 Å². The predicted octanol–water partition coefficient (Wildman–Crippen LogP) is 3.80. The minimum absolute atomic E-state index is 0.0246. The second kappa shape index (κ2) is 6.25. The third-order valence-corrected chi connectivity index (χ3v) is 5.94. The van der Waals surface area contributed by atoms with Gasteiger partial charge >= 0.3 is 5.97 Å². The lowest BCUT2D eigenvalue weighted by Gasteiger charge is -2.21.